The minimum absolute atomic E-state index is 0.0940. The molecule has 7 nitrogen and oxygen atoms in total. The van der Waals surface area contributed by atoms with Crippen LogP contribution in [0, 0.1) is 0 Å². The average Bonchev–Trinajstić information content (AvgIpc) is 2.72. The zero-order chi connectivity index (χ0) is 20.3. The molecule has 150 valence electrons. The second-order valence-corrected chi connectivity index (χ2v) is 8.75. The fourth-order valence-corrected chi connectivity index (χ4v) is 3.75. The fraction of sp³-hybridized carbons (Fsp3) is 0.350. The Morgan fingerprint density at radius 2 is 1.71 bits per heavy atom. The summed E-state index contributed by atoms with van der Waals surface area (Å²) in [5.74, 6) is 0.724. The van der Waals surface area contributed by atoms with E-state index in [4.69, 9.17) is 4.74 Å². The predicted molar refractivity (Wildman–Crippen MR) is 111 cm³/mol. The molecule has 2 aromatic carbocycles. The van der Waals surface area contributed by atoms with Gasteiger partial charge in [-0.3, -0.25) is 9.10 Å². The lowest BCUT2D eigenvalue weighted by molar-refractivity contribution is 0.0746. The first-order chi connectivity index (χ1) is 13.3. The quantitative estimate of drug-likeness (QED) is 0.764. The summed E-state index contributed by atoms with van der Waals surface area (Å²) < 4.78 is 30.1. The summed E-state index contributed by atoms with van der Waals surface area (Å²) in [5.41, 5.74) is 1.98. The molecule has 1 fully saturated rings. The molecule has 28 heavy (non-hydrogen) atoms. The molecule has 1 aliphatic heterocycles. The van der Waals surface area contributed by atoms with Crippen molar-refractivity contribution in [3.05, 3.63) is 54.1 Å². The second kappa shape index (κ2) is 8.10. The number of nitrogens with zero attached hydrogens (tertiary/aromatic N) is 3. The van der Waals surface area contributed by atoms with Gasteiger partial charge in [0.05, 0.1) is 24.7 Å². The van der Waals surface area contributed by atoms with Gasteiger partial charge in [0.25, 0.3) is 5.91 Å². The van der Waals surface area contributed by atoms with Crippen molar-refractivity contribution in [1.29, 1.82) is 0 Å². The molecule has 0 aromatic heterocycles. The minimum atomic E-state index is -3.38. The van der Waals surface area contributed by atoms with E-state index in [9.17, 15) is 13.2 Å². The van der Waals surface area contributed by atoms with Gasteiger partial charge in [-0.15, -0.1) is 0 Å². The van der Waals surface area contributed by atoms with Crippen LogP contribution < -0.4 is 13.9 Å². The number of para-hydroxylation sites is 2. The Bertz CT molecular complexity index is 953. The van der Waals surface area contributed by atoms with Crippen LogP contribution in [-0.2, 0) is 10.0 Å². The lowest BCUT2D eigenvalue weighted by atomic mass is 10.1. The molecule has 0 radical (unpaired) electrons. The van der Waals surface area contributed by atoms with Crippen LogP contribution in [0.25, 0.3) is 0 Å². The molecule has 2 aromatic rings. The molecule has 3 rings (SSSR count). The highest BCUT2D eigenvalue weighted by atomic mass is 32.2. The number of sulfonamides is 1. The third-order valence-corrected chi connectivity index (χ3v) is 6.15. The van der Waals surface area contributed by atoms with E-state index in [-0.39, 0.29) is 5.91 Å². The molecule has 1 aliphatic rings. The minimum Gasteiger partial charge on any atom is -0.495 e. The number of benzene rings is 2. The molecular weight excluding hydrogens is 378 g/mol. The summed E-state index contributed by atoms with van der Waals surface area (Å²) in [5, 5.41) is 0. The Balaban J connectivity index is 1.70. The van der Waals surface area contributed by atoms with Crippen molar-refractivity contribution in [1.82, 2.24) is 4.90 Å². The first kappa shape index (κ1) is 20.0. The Kier molecular flexibility index (Phi) is 5.79. The number of amides is 1. The molecule has 0 atom stereocenters. The maximum absolute atomic E-state index is 12.9. The number of piperazine rings is 1. The van der Waals surface area contributed by atoms with Gasteiger partial charge in [0.15, 0.2) is 0 Å². The summed E-state index contributed by atoms with van der Waals surface area (Å²) >= 11 is 0. The number of rotatable bonds is 5. The van der Waals surface area contributed by atoms with E-state index >= 15 is 0 Å². The number of carbonyl (C=O) groups excluding carboxylic acids is 1. The summed E-state index contributed by atoms with van der Waals surface area (Å²) in [7, 11) is -0.249. The highest BCUT2D eigenvalue weighted by Gasteiger charge is 2.24. The molecular formula is C20H25N3O4S. The third-order valence-electron chi connectivity index (χ3n) is 4.95. The maximum atomic E-state index is 12.9. The smallest absolute Gasteiger partial charge is 0.254 e. The Hall–Kier alpha value is -2.74. The number of hydrogen-bond donors (Lipinski definition) is 0. The largest absolute Gasteiger partial charge is 0.495 e. The van der Waals surface area contributed by atoms with Crippen molar-refractivity contribution in [3.63, 3.8) is 0 Å². The standard InChI is InChI=1S/C20H25N3O4S/c1-21(28(3,25)26)17-8-6-7-16(15-17)20(24)23-13-11-22(12-14-23)18-9-4-5-10-19(18)27-2/h4-10,15H,11-14H2,1-3H3. The van der Waals surface area contributed by atoms with E-state index in [0.29, 0.717) is 37.4 Å². The van der Waals surface area contributed by atoms with Crippen molar-refractivity contribution < 1.29 is 17.9 Å². The van der Waals surface area contributed by atoms with Crippen molar-refractivity contribution in [2.24, 2.45) is 0 Å². The van der Waals surface area contributed by atoms with Gasteiger partial charge >= 0.3 is 0 Å². The van der Waals surface area contributed by atoms with Crippen molar-refractivity contribution in [3.8, 4) is 5.75 Å². The highest BCUT2D eigenvalue weighted by Crippen LogP contribution is 2.28. The molecule has 0 unspecified atom stereocenters. The Labute approximate surface area is 166 Å². The monoisotopic (exact) mass is 403 g/mol. The molecule has 8 heteroatoms. The topological polar surface area (TPSA) is 70.2 Å². The summed E-state index contributed by atoms with van der Waals surface area (Å²) in [6.45, 7) is 2.58. The van der Waals surface area contributed by atoms with Crippen LogP contribution >= 0.6 is 0 Å². The first-order valence-corrected chi connectivity index (χ1v) is 10.9. The molecule has 1 saturated heterocycles. The van der Waals surface area contributed by atoms with Crippen molar-refractivity contribution in [2.45, 2.75) is 0 Å². The molecule has 1 heterocycles. The van der Waals surface area contributed by atoms with Crippen LogP contribution in [0.4, 0.5) is 11.4 Å². The fourth-order valence-electron chi connectivity index (χ4n) is 3.25. The lowest BCUT2D eigenvalue weighted by Gasteiger charge is -2.36. The van der Waals surface area contributed by atoms with Crippen molar-refractivity contribution in [2.75, 3.05) is 55.8 Å². The number of methoxy groups -OCH3 is 1. The predicted octanol–water partition coefficient (Wildman–Crippen LogP) is 2.05. The van der Waals surface area contributed by atoms with E-state index < -0.39 is 10.0 Å². The van der Waals surface area contributed by atoms with Gasteiger partial charge in [-0.1, -0.05) is 18.2 Å². The van der Waals surface area contributed by atoms with Crippen LogP contribution in [0.3, 0.4) is 0 Å². The number of anilines is 2. The SMILES string of the molecule is COc1ccccc1N1CCN(C(=O)c2cccc(N(C)S(C)(=O)=O)c2)CC1. The average molecular weight is 404 g/mol. The van der Waals surface area contributed by atoms with Gasteiger partial charge in [0, 0.05) is 38.8 Å². The van der Waals surface area contributed by atoms with E-state index in [1.807, 2.05) is 24.3 Å². The molecule has 0 saturated carbocycles. The molecule has 0 N–H and O–H groups in total. The van der Waals surface area contributed by atoms with Gasteiger partial charge < -0.3 is 14.5 Å². The van der Waals surface area contributed by atoms with E-state index in [1.165, 1.54) is 11.4 Å². The zero-order valence-electron chi connectivity index (χ0n) is 16.3. The summed E-state index contributed by atoms with van der Waals surface area (Å²) in [6, 6.07) is 14.6. The van der Waals surface area contributed by atoms with Crippen LogP contribution in [0.15, 0.2) is 48.5 Å². The van der Waals surface area contributed by atoms with Crippen LogP contribution in [0.1, 0.15) is 10.4 Å². The summed E-state index contributed by atoms with van der Waals surface area (Å²) in [6.07, 6.45) is 1.14. The highest BCUT2D eigenvalue weighted by molar-refractivity contribution is 7.92. The van der Waals surface area contributed by atoms with E-state index in [2.05, 4.69) is 4.90 Å². The van der Waals surface area contributed by atoms with Crippen LogP contribution in [0.5, 0.6) is 5.75 Å². The number of carbonyl (C=O) groups is 1. The van der Waals surface area contributed by atoms with Gasteiger partial charge in [0.2, 0.25) is 10.0 Å². The number of ether oxygens (including phenoxy) is 1. The molecule has 0 aliphatic carbocycles. The molecule has 1 amide bonds. The van der Waals surface area contributed by atoms with Gasteiger partial charge in [-0.2, -0.15) is 0 Å². The first-order valence-electron chi connectivity index (χ1n) is 9.02. The second-order valence-electron chi connectivity index (χ2n) is 6.73. The van der Waals surface area contributed by atoms with Gasteiger partial charge in [-0.25, -0.2) is 8.42 Å². The van der Waals surface area contributed by atoms with Crippen LogP contribution in [-0.4, -0.2) is 65.8 Å². The zero-order valence-corrected chi connectivity index (χ0v) is 17.1. The van der Waals surface area contributed by atoms with Crippen LogP contribution in [0.2, 0.25) is 0 Å². The maximum Gasteiger partial charge on any atom is 0.254 e. The normalized spacial score (nSPS) is 14.7. The summed E-state index contributed by atoms with van der Waals surface area (Å²) in [4.78, 5) is 16.9. The van der Waals surface area contributed by atoms with E-state index in [1.54, 1.807) is 36.3 Å². The van der Waals surface area contributed by atoms with Gasteiger partial charge in [0.1, 0.15) is 5.75 Å². The number of hydrogen-bond acceptors (Lipinski definition) is 5. The molecule has 0 spiro atoms. The Morgan fingerprint density at radius 1 is 1.04 bits per heavy atom. The van der Waals surface area contributed by atoms with E-state index in [0.717, 1.165) is 17.7 Å². The van der Waals surface area contributed by atoms with Crippen molar-refractivity contribution >= 4 is 27.3 Å². The lowest BCUT2D eigenvalue weighted by Crippen LogP contribution is -2.48. The third kappa shape index (κ3) is 4.22. The Morgan fingerprint density at radius 3 is 2.36 bits per heavy atom. The molecule has 0 bridgehead atoms. The van der Waals surface area contributed by atoms with Gasteiger partial charge in [-0.05, 0) is 30.3 Å².